The van der Waals surface area contributed by atoms with E-state index in [9.17, 15) is 8.42 Å². The first-order valence-corrected chi connectivity index (χ1v) is 8.71. The van der Waals surface area contributed by atoms with Gasteiger partial charge < -0.3 is 9.73 Å². The predicted octanol–water partition coefficient (Wildman–Crippen LogP) is 3.15. The zero-order chi connectivity index (χ0) is 15.7. The van der Waals surface area contributed by atoms with Gasteiger partial charge in [-0.3, -0.25) is 0 Å². The Morgan fingerprint density at radius 3 is 2.77 bits per heavy atom. The third-order valence-electron chi connectivity index (χ3n) is 3.32. The minimum absolute atomic E-state index is 0.328. The summed E-state index contributed by atoms with van der Waals surface area (Å²) in [6, 6.07) is 12.6. The van der Waals surface area contributed by atoms with Crippen LogP contribution >= 0.6 is 0 Å². The van der Waals surface area contributed by atoms with Crippen LogP contribution in [0.25, 0.3) is 11.1 Å². The number of rotatable bonds is 4. The summed E-state index contributed by atoms with van der Waals surface area (Å²) in [6.07, 6.45) is 1.21. The second-order valence-electron chi connectivity index (χ2n) is 5.19. The third kappa shape index (κ3) is 3.12. The molecule has 1 heterocycles. The number of oxazole rings is 1. The summed E-state index contributed by atoms with van der Waals surface area (Å²) in [4.78, 5) is 4.62. The van der Waals surface area contributed by atoms with Crippen molar-refractivity contribution in [1.82, 2.24) is 4.98 Å². The van der Waals surface area contributed by atoms with E-state index in [-0.39, 0.29) is 0 Å². The molecule has 5 nitrogen and oxygen atoms in total. The number of anilines is 1. The van der Waals surface area contributed by atoms with Crippen LogP contribution in [-0.2, 0) is 16.4 Å². The van der Waals surface area contributed by atoms with Crippen LogP contribution < -0.4 is 5.32 Å². The smallest absolute Gasteiger partial charge is 0.192 e. The minimum atomic E-state index is -3.18. The number of hydrogen-bond donors (Lipinski definition) is 1. The van der Waals surface area contributed by atoms with Gasteiger partial charge in [-0.1, -0.05) is 12.1 Å². The van der Waals surface area contributed by atoms with E-state index in [1.165, 1.54) is 6.26 Å². The van der Waals surface area contributed by atoms with Gasteiger partial charge in [-0.25, -0.2) is 13.4 Å². The molecular weight excluding hydrogens is 300 g/mol. The summed E-state index contributed by atoms with van der Waals surface area (Å²) in [6.45, 7) is 2.34. The molecule has 0 aliphatic carbocycles. The van der Waals surface area contributed by atoms with Crippen molar-refractivity contribution in [2.75, 3.05) is 11.6 Å². The average molecular weight is 316 g/mol. The molecule has 3 rings (SSSR count). The van der Waals surface area contributed by atoms with E-state index in [2.05, 4.69) is 10.3 Å². The SMILES string of the molecule is Cc1nc2cc(NCc3cccc(S(C)(=O)=O)c3)ccc2o1. The van der Waals surface area contributed by atoms with Gasteiger partial charge in [0.05, 0.1) is 4.90 Å². The van der Waals surface area contributed by atoms with E-state index in [4.69, 9.17) is 4.42 Å². The maximum absolute atomic E-state index is 11.6. The highest BCUT2D eigenvalue weighted by Gasteiger charge is 2.07. The molecule has 0 saturated carbocycles. The van der Waals surface area contributed by atoms with E-state index in [0.717, 1.165) is 22.4 Å². The van der Waals surface area contributed by atoms with Crippen molar-refractivity contribution >= 4 is 26.6 Å². The summed E-state index contributed by atoms with van der Waals surface area (Å²) >= 11 is 0. The van der Waals surface area contributed by atoms with E-state index >= 15 is 0 Å². The van der Waals surface area contributed by atoms with Crippen molar-refractivity contribution in [1.29, 1.82) is 0 Å². The Balaban J connectivity index is 1.79. The van der Waals surface area contributed by atoms with Gasteiger partial charge in [-0.2, -0.15) is 0 Å². The van der Waals surface area contributed by atoms with Crippen LogP contribution in [0.5, 0.6) is 0 Å². The van der Waals surface area contributed by atoms with Crippen molar-refractivity contribution in [2.45, 2.75) is 18.4 Å². The molecule has 0 aliphatic heterocycles. The zero-order valence-corrected chi connectivity index (χ0v) is 13.1. The van der Waals surface area contributed by atoms with E-state index in [1.807, 2.05) is 31.2 Å². The van der Waals surface area contributed by atoms with Crippen molar-refractivity contribution in [3.63, 3.8) is 0 Å². The Morgan fingerprint density at radius 1 is 1.18 bits per heavy atom. The van der Waals surface area contributed by atoms with Gasteiger partial charge in [0.15, 0.2) is 21.3 Å². The normalized spacial score (nSPS) is 11.7. The molecule has 0 saturated heterocycles. The van der Waals surface area contributed by atoms with Crippen LogP contribution in [0.1, 0.15) is 11.5 Å². The Morgan fingerprint density at radius 2 is 2.00 bits per heavy atom. The molecule has 0 unspecified atom stereocenters. The molecule has 22 heavy (non-hydrogen) atoms. The van der Waals surface area contributed by atoms with Crippen LogP contribution in [0.15, 0.2) is 51.8 Å². The maximum atomic E-state index is 11.6. The fraction of sp³-hybridized carbons (Fsp3) is 0.188. The summed E-state index contributed by atoms with van der Waals surface area (Å²) in [5, 5.41) is 3.26. The molecule has 0 fully saturated rings. The quantitative estimate of drug-likeness (QED) is 0.800. The summed E-state index contributed by atoms with van der Waals surface area (Å²) < 4.78 is 28.6. The van der Waals surface area contributed by atoms with Crippen LogP contribution in [0.2, 0.25) is 0 Å². The minimum Gasteiger partial charge on any atom is -0.441 e. The maximum Gasteiger partial charge on any atom is 0.192 e. The Kier molecular flexibility index (Phi) is 3.62. The number of fused-ring (bicyclic) bond motifs is 1. The molecule has 0 bridgehead atoms. The van der Waals surface area contributed by atoms with E-state index < -0.39 is 9.84 Å². The number of nitrogens with one attached hydrogen (secondary N) is 1. The van der Waals surface area contributed by atoms with E-state index in [0.29, 0.717) is 17.3 Å². The van der Waals surface area contributed by atoms with Crippen LogP contribution in [0.3, 0.4) is 0 Å². The fourth-order valence-corrected chi connectivity index (χ4v) is 2.93. The Labute approximate surface area is 128 Å². The lowest BCUT2D eigenvalue weighted by atomic mass is 10.2. The monoisotopic (exact) mass is 316 g/mol. The van der Waals surface area contributed by atoms with Gasteiger partial charge in [-0.15, -0.1) is 0 Å². The molecule has 6 heteroatoms. The highest BCUT2D eigenvalue weighted by Crippen LogP contribution is 2.20. The molecule has 0 aliphatic rings. The summed E-state index contributed by atoms with van der Waals surface area (Å²) in [5.41, 5.74) is 3.36. The molecule has 1 N–H and O–H groups in total. The predicted molar refractivity (Wildman–Crippen MR) is 85.6 cm³/mol. The first kappa shape index (κ1) is 14.6. The average Bonchev–Trinajstić information content (AvgIpc) is 2.84. The summed E-state index contributed by atoms with van der Waals surface area (Å²) in [7, 11) is -3.18. The fourth-order valence-electron chi connectivity index (χ4n) is 2.24. The molecule has 0 radical (unpaired) electrons. The highest BCUT2D eigenvalue weighted by atomic mass is 32.2. The van der Waals surface area contributed by atoms with Gasteiger partial charge in [0, 0.05) is 25.4 Å². The number of aryl methyl sites for hydroxylation is 1. The molecule has 3 aromatic rings. The first-order valence-electron chi connectivity index (χ1n) is 6.82. The molecule has 0 atom stereocenters. The largest absolute Gasteiger partial charge is 0.441 e. The molecule has 114 valence electrons. The first-order chi connectivity index (χ1) is 10.4. The van der Waals surface area contributed by atoms with Crippen molar-refractivity contribution in [2.24, 2.45) is 0 Å². The molecule has 0 amide bonds. The number of aromatic nitrogens is 1. The van der Waals surface area contributed by atoms with Crippen LogP contribution in [-0.4, -0.2) is 19.7 Å². The van der Waals surface area contributed by atoms with Crippen molar-refractivity contribution in [3.8, 4) is 0 Å². The van der Waals surface area contributed by atoms with Crippen molar-refractivity contribution in [3.05, 3.63) is 53.9 Å². The van der Waals surface area contributed by atoms with Gasteiger partial charge in [-0.05, 0) is 35.9 Å². The molecule has 0 spiro atoms. The highest BCUT2D eigenvalue weighted by molar-refractivity contribution is 7.90. The molecular formula is C16H16N2O3S. The number of sulfone groups is 1. The second kappa shape index (κ2) is 5.46. The lowest BCUT2D eigenvalue weighted by Gasteiger charge is -2.07. The van der Waals surface area contributed by atoms with E-state index in [1.54, 1.807) is 18.2 Å². The lowest BCUT2D eigenvalue weighted by Crippen LogP contribution is -2.02. The number of hydrogen-bond acceptors (Lipinski definition) is 5. The van der Waals surface area contributed by atoms with Gasteiger partial charge in [0.1, 0.15) is 5.52 Å². The number of benzene rings is 2. The van der Waals surface area contributed by atoms with Gasteiger partial charge in [0.25, 0.3) is 0 Å². The van der Waals surface area contributed by atoms with Crippen LogP contribution in [0.4, 0.5) is 5.69 Å². The van der Waals surface area contributed by atoms with Crippen molar-refractivity contribution < 1.29 is 12.8 Å². The third-order valence-corrected chi connectivity index (χ3v) is 4.43. The summed E-state index contributed by atoms with van der Waals surface area (Å²) in [5.74, 6) is 0.632. The lowest BCUT2D eigenvalue weighted by molar-refractivity contribution is 0.561. The molecule has 2 aromatic carbocycles. The Hall–Kier alpha value is -2.34. The number of nitrogens with zero attached hydrogens (tertiary/aromatic N) is 1. The van der Waals surface area contributed by atoms with Gasteiger partial charge >= 0.3 is 0 Å². The topological polar surface area (TPSA) is 72.2 Å². The zero-order valence-electron chi connectivity index (χ0n) is 12.3. The standard InChI is InChI=1S/C16H16N2O3S/c1-11-18-15-9-13(6-7-16(15)21-11)17-10-12-4-3-5-14(8-12)22(2,19)20/h3-9,17H,10H2,1-2H3. The Bertz CT molecular complexity index is 929. The second-order valence-corrected chi connectivity index (χ2v) is 7.20. The van der Waals surface area contributed by atoms with Gasteiger partial charge in [0.2, 0.25) is 0 Å². The molecule has 1 aromatic heterocycles. The van der Waals surface area contributed by atoms with Crippen LogP contribution in [0, 0.1) is 6.92 Å².